The van der Waals surface area contributed by atoms with E-state index in [0.29, 0.717) is 11.3 Å². The van der Waals surface area contributed by atoms with E-state index in [1.165, 1.54) is 24.1 Å². The number of benzene rings is 2. The molecule has 0 aliphatic heterocycles. The van der Waals surface area contributed by atoms with Crippen molar-refractivity contribution in [3.05, 3.63) is 54.1 Å². The molecule has 2 aromatic rings. The number of anilines is 1. The number of carbonyl (C=O) groups is 1. The fraction of sp³-hybridized carbons (Fsp3) is 0.188. The van der Waals surface area contributed by atoms with Gasteiger partial charge in [-0.1, -0.05) is 18.2 Å². The first-order valence-corrected chi connectivity index (χ1v) is 8.31. The Kier molecular flexibility index (Phi) is 4.90. The lowest BCUT2D eigenvalue weighted by Crippen LogP contribution is -2.22. The summed E-state index contributed by atoms with van der Waals surface area (Å²) in [5, 5.41) is 0. The first-order chi connectivity index (χ1) is 10.8. The zero-order valence-electron chi connectivity index (χ0n) is 13.1. The topological polar surface area (TPSA) is 75.7 Å². The van der Waals surface area contributed by atoms with E-state index < -0.39 is 10.0 Å². The Morgan fingerprint density at radius 3 is 2.43 bits per heavy atom. The molecule has 2 aromatic carbocycles. The van der Waals surface area contributed by atoms with Gasteiger partial charge in [0.25, 0.3) is 15.9 Å². The highest BCUT2D eigenvalue weighted by molar-refractivity contribution is 7.92. The van der Waals surface area contributed by atoms with E-state index in [1.54, 1.807) is 50.5 Å². The van der Waals surface area contributed by atoms with Gasteiger partial charge in [0.15, 0.2) is 0 Å². The van der Waals surface area contributed by atoms with Crippen molar-refractivity contribution in [3.63, 3.8) is 0 Å². The van der Waals surface area contributed by atoms with Gasteiger partial charge in [-0.2, -0.15) is 0 Å². The normalized spacial score (nSPS) is 10.9. The quantitative estimate of drug-likeness (QED) is 0.909. The minimum absolute atomic E-state index is 0.0341. The highest BCUT2D eigenvalue weighted by Gasteiger charge is 2.19. The molecule has 23 heavy (non-hydrogen) atoms. The molecule has 122 valence electrons. The number of hydrogen-bond donors (Lipinski definition) is 1. The lowest BCUT2D eigenvalue weighted by atomic mass is 10.2. The van der Waals surface area contributed by atoms with Crippen molar-refractivity contribution in [2.75, 3.05) is 25.9 Å². The predicted octanol–water partition coefficient (Wildman–Crippen LogP) is 2.20. The van der Waals surface area contributed by atoms with Gasteiger partial charge in [0, 0.05) is 25.3 Å². The molecule has 1 amide bonds. The minimum Gasteiger partial charge on any atom is -0.495 e. The second kappa shape index (κ2) is 6.70. The Morgan fingerprint density at radius 2 is 1.78 bits per heavy atom. The maximum Gasteiger partial charge on any atom is 0.265 e. The molecule has 2 rings (SSSR count). The van der Waals surface area contributed by atoms with E-state index in [9.17, 15) is 13.2 Å². The average Bonchev–Trinajstić information content (AvgIpc) is 2.53. The molecule has 1 N–H and O–H groups in total. The van der Waals surface area contributed by atoms with Gasteiger partial charge in [-0.3, -0.25) is 9.52 Å². The van der Waals surface area contributed by atoms with Crippen molar-refractivity contribution in [3.8, 4) is 5.75 Å². The van der Waals surface area contributed by atoms with Crippen molar-refractivity contribution < 1.29 is 17.9 Å². The highest BCUT2D eigenvalue weighted by Crippen LogP contribution is 2.25. The lowest BCUT2D eigenvalue weighted by Gasteiger charge is -2.13. The number of para-hydroxylation sites is 1. The van der Waals surface area contributed by atoms with Gasteiger partial charge in [0.05, 0.1) is 7.11 Å². The van der Waals surface area contributed by atoms with Gasteiger partial charge in [-0.15, -0.1) is 0 Å². The number of nitrogens with one attached hydrogen (secondary N) is 1. The third kappa shape index (κ3) is 3.81. The first kappa shape index (κ1) is 16.8. The van der Waals surface area contributed by atoms with Crippen LogP contribution in [0.5, 0.6) is 5.75 Å². The zero-order valence-corrected chi connectivity index (χ0v) is 13.9. The standard InChI is InChI=1S/C16H18N2O4S/c1-18(2)16(19)12-7-6-8-13(11-12)17-23(20,21)15-10-5-4-9-14(15)22-3/h4-11,17H,1-3H3. The van der Waals surface area contributed by atoms with Gasteiger partial charge >= 0.3 is 0 Å². The summed E-state index contributed by atoms with van der Waals surface area (Å²) in [4.78, 5) is 13.4. The van der Waals surface area contributed by atoms with Crippen LogP contribution in [-0.2, 0) is 10.0 Å². The Labute approximate surface area is 135 Å². The zero-order chi connectivity index (χ0) is 17.0. The second-order valence-corrected chi connectivity index (χ2v) is 6.69. The largest absolute Gasteiger partial charge is 0.495 e. The van der Waals surface area contributed by atoms with Crippen molar-refractivity contribution >= 4 is 21.6 Å². The van der Waals surface area contributed by atoms with E-state index in [-0.39, 0.29) is 16.6 Å². The molecule has 0 aliphatic carbocycles. The molecule has 6 nitrogen and oxygen atoms in total. The van der Waals surface area contributed by atoms with Crippen LogP contribution in [0.2, 0.25) is 0 Å². The van der Waals surface area contributed by atoms with Gasteiger partial charge in [0.1, 0.15) is 10.6 Å². The molecule has 0 fully saturated rings. The van der Waals surface area contributed by atoms with Crippen LogP contribution in [0.25, 0.3) is 0 Å². The number of rotatable bonds is 5. The summed E-state index contributed by atoms with van der Waals surface area (Å²) in [6.45, 7) is 0. The maximum atomic E-state index is 12.5. The Bertz CT molecular complexity index is 816. The highest BCUT2D eigenvalue weighted by atomic mass is 32.2. The van der Waals surface area contributed by atoms with Crippen molar-refractivity contribution in [2.45, 2.75) is 4.90 Å². The summed E-state index contributed by atoms with van der Waals surface area (Å²) in [5.41, 5.74) is 0.707. The van der Waals surface area contributed by atoms with Crippen LogP contribution in [0.15, 0.2) is 53.4 Å². The fourth-order valence-corrected chi connectivity index (χ4v) is 3.25. The average molecular weight is 334 g/mol. The van der Waals surface area contributed by atoms with E-state index >= 15 is 0 Å². The van der Waals surface area contributed by atoms with Gasteiger partial charge in [-0.05, 0) is 30.3 Å². The summed E-state index contributed by atoms with van der Waals surface area (Å²) >= 11 is 0. The van der Waals surface area contributed by atoms with E-state index in [0.717, 1.165) is 0 Å². The number of nitrogens with zero attached hydrogens (tertiary/aromatic N) is 1. The molecule has 0 bridgehead atoms. The van der Waals surface area contributed by atoms with Crippen LogP contribution in [0.1, 0.15) is 10.4 Å². The van der Waals surface area contributed by atoms with Gasteiger partial charge in [-0.25, -0.2) is 8.42 Å². The molecule has 0 unspecified atom stereocenters. The first-order valence-electron chi connectivity index (χ1n) is 6.82. The number of amides is 1. The van der Waals surface area contributed by atoms with Crippen molar-refractivity contribution in [1.82, 2.24) is 4.90 Å². The van der Waals surface area contributed by atoms with Crippen LogP contribution >= 0.6 is 0 Å². The summed E-state index contributed by atoms with van der Waals surface area (Å²) in [7, 11) is 0.855. The number of ether oxygens (including phenoxy) is 1. The third-order valence-corrected chi connectivity index (χ3v) is 4.55. The SMILES string of the molecule is COc1ccccc1S(=O)(=O)Nc1cccc(C(=O)N(C)C)c1. The molecule has 0 spiro atoms. The van der Waals surface area contributed by atoms with Crippen LogP contribution in [0.3, 0.4) is 0 Å². The Morgan fingerprint density at radius 1 is 1.09 bits per heavy atom. The summed E-state index contributed by atoms with van der Waals surface area (Å²) < 4.78 is 32.6. The van der Waals surface area contributed by atoms with Crippen LogP contribution < -0.4 is 9.46 Å². The van der Waals surface area contributed by atoms with E-state index in [4.69, 9.17) is 4.74 Å². The molecule has 0 saturated carbocycles. The van der Waals surface area contributed by atoms with Gasteiger partial charge < -0.3 is 9.64 Å². The second-order valence-electron chi connectivity index (χ2n) is 5.04. The van der Waals surface area contributed by atoms with E-state index in [1.807, 2.05) is 0 Å². The molecule has 7 heteroatoms. The molecule has 0 aliphatic rings. The number of methoxy groups -OCH3 is 1. The minimum atomic E-state index is -3.82. The van der Waals surface area contributed by atoms with Crippen molar-refractivity contribution in [2.24, 2.45) is 0 Å². The Hall–Kier alpha value is -2.54. The van der Waals surface area contributed by atoms with Crippen LogP contribution in [0.4, 0.5) is 5.69 Å². The number of hydrogen-bond acceptors (Lipinski definition) is 4. The third-order valence-electron chi connectivity index (χ3n) is 3.13. The summed E-state index contributed by atoms with van der Waals surface area (Å²) in [6.07, 6.45) is 0. The summed E-state index contributed by atoms with van der Waals surface area (Å²) in [5.74, 6) is 0.0452. The lowest BCUT2D eigenvalue weighted by molar-refractivity contribution is 0.0827. The molecule has 0 atom stereocenters. The molecular weight excluding hydrogens is 316 g/mol. The van der Waals surface area contributed by atoms with Crippen LogP contribution in [0, 0.1) is 0 Å². The molecule has 0 radical (unpaired) electrons. The van der Waals surface area contributed by atoms with Crippen LogP contribution in [-0.4, -0.2) is 40.4 Å². The van der Waals surface area contributed by atoms with Crippen molar-refractivity contribution in [1.29, 1.82) is 0 Å². The number of sulfonamides is 1. The number of carbonyl (C=O) groups excluding carboxylic acids is 1. The van der Waals surface area contributed by atoms with Gasteiger partial charge in [0.2, 0.25) is 0 Å². The fourth-order valence-electron chi connectivity index (χ4n) is 2.02. The molecule has 0 heterocycles. The maximum absolute atomic E-state index is 12.5. The molecule has 0 aromatic heterocycles. The predicted molar refractivity (Wildman–Crippen MR) is 88.3 cm³/mol. The smallest absolute Gasteiger partial charge is 0.265 e. The molecule has 0 saturated heterocycles. The molecular formula is C16H18N2O4S. The monoisotopic (exact) mass is 334 g/mol. The summed E-state index contributed by atoms with van der Waals surface area (Å²) in [6, 6.07) is 12.7. The van der Waals surface area contributed by atoms with E-state index in [2.05, 4.69) is 4.72 Å². The Balaban J connectivity index is 2.35.